The van der Waals surface area contributed by atoms with Crippen LogP contribution in [0, 0.1) is 0 Å². The van der Waals surface area contributed by atoms with Gasteiger partial charge in [0.15, 0.2) is 0 Å². The van der Waals surface area contributed by atoms with E-state index < -0.39 is 11.9 Å². The molecule has 0 radical (unpaired) electrons. The zero-order valence-corrected chi connectivity index (χ0v) is 22.9. The Hall–Kier alpha value is -2.12. The van der Waals surface area contributed by atoms with E-state index in [1.165, 1.54) is 0 Å². The number of esters is 2. The van der Waals surface area contributed by atoms with Crippen molar-refractivity contribution < 1.29 is 38.9 Å². The monoisotopic (exact) mass is 516 g/mol. The summed E-state index contributed by atoms with van der Waals surface area (Å²) < 4.78 is 10.2. The zero-order valence-electron chi connectivity index (χ0n) is 22.9. The molecule has 8 heteroatoms. The average molecular weight is 517 g/mol. The van der Waals surface area contributed by atoms with E-state index in [1.54, 1.807) is 0 Å². The highest BCUT2D eigenvalue weighted by molar-refractivity contribution is 5.69. The smallest absolute Gasteiger partial charge is 0.305 e. The fraction of sp³-hybridized carbons (Fsp3) is 0.857. The standard InChI is InChI=1S/C18H34O4.C10H18O4/c1-3-5-15-21-17(19)13-11-9-7-8-10-12-14-18(20)22-16-6-4-2;11-9(12)7-5-3-1-2-4-6-8-10(13)14/h3-16H2,1-2H3;1-8H2,(H,11,12)(H,13,14). The van der Waals surface area contributed by atoms with Crippen LogP contribution in [0.1, 0.15) is 142 Å². The van der Waals surface area contributed by atoms with E-state index in [2.05, 4.69) is 13.8 Å². The zero-order chi connectivity index (χ0) is 27.3. The van der Waals surface area contributed by atoms with E-state index in [-0.39, 0.29) is 24.8 Å². The van der Waals surface area contributed by atoms with Gasteiger partial charge in [0.2, 0.25) is 0 Å². The number of hydrogen-bond donors (Lipinski definition) is 2. The van der Waals surface area contributed by atoms with E-state index in [0.717, 1.165) is 103 Å². The number of carboxylic acid groups (broad SMARTS) is 2. The number of rotatable bonds is 24. The van der Waals surface area contributed by atoms with E-state index in [9.17, 15) is 19.2 Å². The summed E-state index contributed by atoms with van der Waals surface area (Å²) in [7, 11) is 0. The van der Waals surface area contributed by atoms with Crippen molar-refractivity contribution in [3.05, 3.63) is 0 Å². The van der Waals surface area contributed by atoms with Crippen LogP contribution in [-0.2, 0) is 28.7 Å². The molecule has 0 aliphatic rings. The Bertz CT molecular complexity index is 500. The molecule has 0 bridgehead atoms. The quantitative estimate of drug-likeness (QED) is 0.103. The van der Waals surface area contributed by atoms with Crippen LogP contribution in [0.5, 0.6) is 0 Å². The molecular weight excluding hydrogens is 464 g/mol. The Kier molecular flexibility index (Phi) is 29.1. The Labute approximate surface area is 218 Å². The number of aliphatic carboxylic acids is 2. The van der Waals surface area contributed by atoms with Crippen molar-refractivity contribution in [1.29, 1.82) is 0 Å². The molecular formula is C28H52O8. The minimum Gasteiger partial charge on any atom is -0.481 e. The van der Waals surface area contributed by atoms with Crippen LogP contribution < -0.4 is 0 Å². The molecule has 0 atom stereocenters. The highest BCUT2D eigenvalue weighted by atomic mass is 16.5. The molecule has 0 aliphatic heterocycles. The summed E-state index contributed by atoms with van der Waals surface area (Å²) in [6.07, 6.45) is 17.1. The maximum atomic E-state index is 11.4. The molecule has 212 valence electrons. The highest BCUT2D eigenvalue weighted by Crippen LogP contribution is 2.10. The molecule has 0 fully saturated rings. The fourth-order valence-electron chi connectivity index (χ4n) is 3.31. The molecule has 2 N–H and O–H groups in total. The lowest BCUT2D eigenvalue weighted by Crippen LogP contribution is -2.05. The second-order valence-electron chi connectivity index (χ2n) is 9.18. The maximum Gasteiger partial charge on any atom is 0.305 e. The van der Waals surface area contributed by atoms with Gasteiger partial charge in [-0.2, -0.15) is 0 Å². The molecule has 36 heavy (non-hydrogen) atoms. The molecule has 0 rings (SSSR count). The van der Waals surface area contributed by atoms with Gasteiger partial charge in [-0.1, -0.05) is 78.1 Å². The first-order valence-electron chi connectivity index (χ1n) is 14.1. The molecule has 0 aromatic rings. The van der Waals surface area contributed by atoms with Gasteiger partial charge in [-0.25, -0.2) is 0 Å². The first kappa shape index (κ1) is 36.0. The van der Waals surface area contributed by atoms with E-state index in [4.69, 9.17) is 19.7 Å². The molecule has 0 saturated carbocycles. The summed E-state index contributed by atoms with van der Waals surface area (Å²) in [6.45, 7) is 5.28. The summed E-state index contributed by atoms with van der Waals surface area (Å²) in [5.74, 6) is -1.61. The molecule has 0 aliphatic carbocycles. The molecule has 0 aromatic heterocycles. The lowest BCUT2D eigenvalue weighted by molar-refractivity contribution is -0.144. The van der Waals surface area contributed by atoms with Gasteiger partial charge in [0.25, 0.3) is 0 Å². The third-order valence-corrected chi connectivity index (χ3v) is 5.56. The summed E-state index contributed by atoms with van der Waals surface area (Å²) in [5, 5.41) is 16.7. The van der Waals surface area contributed by atoms with Crippen molar-refractivity contribution in [3.8, 4) is 0 Å². The predicted molar refractivity (Wildman–Crippen MR) is 141 cm³/mol. The van der Waals surface area contributed by atoms with Crippen molar-refractivity contribution >= 4 is 23.9 Å². The van der Waals surface area contributed by atoms with Crippen molar-refractivity contribution in [2.75, 3.05) is 13.2 Å². The minimum absolute atomic E-state index is 0.0664. The SMILES string of the molecule is CCCCOC(=O)CCCCCCCCC(=O)OCCCC.O=C(O)CCCCCCCCC(=O)O. The van der Waals surface area contributed by atoms with Gasteiger partial charge in [0, 0.05) is 25.7 Å². The van der Waals surface area contributed by atoms with Crippen LogP contribution >= 0.6 is 0 Å². The first-order valence-corrected chi connectivity index (χ1v) is 14.1. The Balaban J connectivity index is 0. The highest BCUT2D eigenvalue weighted by Gasteiger charge is 2.04. The summed E-state index contributed by atoms with van der Waals surface area (Å²) in [4.78, 5) is 43.0. The Morgan fingerprint density at radius 2 is 0.722 bits per heavy atom. The molecule has 0 heterocycles. The molecule has 8 nitrogen and oxygen atoms in total. The average Bonchev–Trinajstić information content (AvgIpc) is 2.83. The molecule has 0 aromatic carbocycles. The van der Waals surface area contributed by atoms with Gasteiger partial charge in [-0.3, -0.25) is 19.2 Å². The number of carbonyl (C=O) groups excluding carboxylic acids is 2. The van der Waals surface area contributed by atoms with E-state index >= 15 is 0 Å². The van der Waals surface area contributed by atoms with Crippen LogP contribution in [0.25, 0.3) is 0 Å². The maximum absolute atomic E-state index is 11.4. The summed E-state index contributed by atoms with van der Waals surface area (Å²) in [5.41, 5.74) is 0. The third kappa shape index (κ3) is 34.0. The molecule has 0 unspecified atom stereocenters. The van der Waals surface area contributed by atoms with Crippen molar-refractivity contribution in [2.24, 2.45) is 0 Å². The van der Waals surface area contributed by atoms with Crippen molar-refractivity contribution in [3.63, 3.8) is 0 Å². The number of carboxylic acids is 2. The Morgan fingerprint density at radius 1 is 0.444 bits per heavy atom. The van der Waals surface area contributed by atoms with Crippen LogP contribution in [0.4, 0.5) is 0 Å². The van der Waals surface area contributed by atoms with E-state index in [1.807, 2.05) is 0 Å². The van der Waals surface area contributed by atoms with Crippen LogP contribution in [0.15, 0.2) is 0 Å². The first-order chi connectivity index (χ1) is 17.3. The van der Waals surface area contributed by atoms with E-state index in [0.29, 0.717) is 26.1 Å². The van der Waals surface area contributed by atoms with Gasteiger partial charge in [-0.15, -0.1) is 0 Å². The predicted octanol–water partition coefficient (Wildman–Crippen LogP) is 7.07. The van der Waals surface area contributed by atoms with Crippen molar-refractivity contribution in [1.82, 2.24) is 0 Å². The van der Waals surface area contributed by atoms with Crippen LogP contribution in [0.3, 0.4) is 0 Å². The fourth-order valence-corrected chi connectivity index (χ4v) is 3.31. The molecule has 0 amide bonds. The number of unbranched alkanes of at least 4 members (excludes halogenated alkanes) is 12. The lowest BCUT2D eigenvalue weighted by atomic mass is 10.1. The number of ether oxygens (including phenoxy) is 2. The number of carbonyl (C=O) groups is 4. The molecule has 0 spiro atoms. The Morgan fingerprint density at radius 3 is 1.00 bits per heavy atom. The van der Waals surface area contributed by atoms with Crippen LogP contribution in [-0.4, -0.2) is 47.3 Å². The van der Waals surface area contributed by atoms with Gasteiger partial charge >= 0.3 is 23.9 Å². The van der Waals surface area contributed by atoms with Gasteiger partial charge in [0.05, 0.1) is 13.2 Å². The normalized spacial score (nSPS) is 10.3. The second kappa shape index (κ2) is 29.1. The summed E-state index contributed by atoms with van der Waals surface area (Å²) >= 11 is 0. The van der Waals surface area contributed by atoms with Crippen molar-refractivity contribution in [2.45, 2.75) is 142 Å². The number of hydrogen-bond acceptors (Lipinski definition) is 6. The van der Waals surface area contributed by atoms with Gasteiger partial charge in [0.1, 0.15) is 0 Å². The topological polar surface area (TPSA) is 127 Å². The lowest BCUT2D eigenvalue weighted by Gasteiger charge is -2.05. The molecule has 0 saturated heterocycles. The largest absolute Gasteiger partial charge is 0.481 e. The minimum atomic E-state index is -0.740. The van der Waals surface area contributed by atoms with Crippen LogP contribution in [0.2, 0.25) is 0 Å². The second-order valence-corrected chi connectivity index (χ2v) is 9.18. The third-order valence-electron chi connectivity index (χ3n) is 5.56. The summed E-state index contributed by atoms with van der Waals surface area (Å²) in [6, 6.07) is 0. The van der Waals surface area contributed by atoms with Gasteiger partial charge < -0.3 is 19.7 Å². The van der Waals surface area contributed by atoms with Gasteiger partial charge in [-0.05, 0) is 38.5 Å².